The zero-order valence-electron chi connectivity index (χ0n) is 13.0. The number of aromatic nitrogens is 1. The van der Waals surface area contributed by atoms with Gasteiger partial charge in [0, 0.05) is 10.9 Å². The lowest BCUT2D eigenvalue weighted by atomic mass is 10.0. The average Bonchev–Trinajstić information content (AvgIpc) is 2.96. The summed E-state index contributed by atoms with van der Waals surface area (Å²) < 4.78 is 5.19. The summed E-state index contributed by atoms with van der Waals surface area (Å²) in [5, 5.41) is 18.0. The fourth-order valence-corrected chi connectivity index (χ4v) is 3.88. The summed E-state index contributed by atoms with van der Waals surface area (Å²) >= 11 is 6.93. The van der Waals surface area contributed by atoms with E-state index in [9.17, 15) is 10.1 Å². The van der Waals surface area contributed by atoms with Crippen LogP contribution in [0.25, 0.3) is 0 Å². The molecule has 9 heteroatoms. The summed E-state index contributed by atoms with van der Waals surface area (Å²) in [7, 11) is 1.45. The monoisotopic (exact) mass is 364 g/mol. The standard InChI is InChI=1S/C15H16N4O3S2/c1-22-12-8-9(19(20)21)6-7-10(12)16-14(23)18-15-17-11-4-2-3-5-13(11)24-15/h6-8H,2-5H2,1H3,(H2,16,17,18,23). The average molecular weight is 364 g/mol. The number of nitro groups is 1. The molecule has 3 rings (SSSR count). The minimum Gasteiger partial charge on any atom is -0.494 e. The lowest BCUT2D eigenvalue weighted by Crippen LogP contribution is -2.19. The SMILES string of the molecule is COc1cc([N+](=O)[O-])ccc1NC(=S)Nc1nc2c(s1)CCCC2. The summed E-state index contributed by atoms with van der Waals surface area (Å²) in [5.41, 5.74) is 1.68. The maximum absolute atomic E-state index is 10.8. The van der Waals surface area contributed by atoms with Crippen LogP contribution in [0.3, 0.4) is 0 Å². The number of hydrogen-bond donors (Lipinski definition) is 2. The minimum atomic E-state index is -0.469. The van der Waals surface area contributed by atoms with Crippen LogP contribution < -0.4 is 15.4 Å². The van der Waals surface area contributed by atoms with E-state index >= 15 is 0 Å². The third kappa shape index (κ3) is 3.62. The maximum atomic E-state index is 10.8. The number of ether oxygens (including phenoxy) is 1. The van der Waals surface area contributed by atoms with Crippen molar-refractivity contribution in [1.29, 1.82) is 0 Å². The molecule has 0 aliphatic heterocycles. The third-order valence-electron chi connectivity index (χ3n) is 3.71. The van der Waals surface area contributed by atoms with E-state index < -0.39 is 4.92 Å². The highest BCUT2D eigenvalue weighted by Crippen LogP contribution is 2.31. The van der Waals surface area contributed by atoms with Gasteiger partial charge < -0.3 is 15.4 Å². The summed E-state index contributed by atoms with van der Waals surface area (Å²) in [6.07, 6.45) is 4.48. The highest BCUT2D eigenvalue weighted by Gasteiger charge is 2.16. The van der Waals surface area contributed by atoms with Crippen LogP contribution in [0.5, 0.6) is 5.75 Å². The number of nitro benzene ring substituents is 1. The number of fused-ring (bicyclic) bond motifs is 1. The van der Waals surface area contributed by atoms with E-state index in [1.165, 1.54) is 37.0 Å². The number of non-ortho nitro benzene ring substituents is 1. The fourth-order valence-electron chi connectivity index (χ4n) is 2.55. The predicted octanol–water partition coefficient (Wildman–Crippen LogP) is 3.75. The van der Waals surface area contributed by atoms with Gasteiger partial charge in [-0.05, 0) is 44.0 Å². The van der Waals surface area contributed by atoms with Crippen LogP contribution in [-0.4, -0.2) is 22.1 Å². The molecule has 1 aromatic heterocycles. The van der Waals surface area contributed by atoms with Crippen LogP contribution in [0.15, 0.2) is 18.2 Å². The van der Waals surface area contributed by atoms with Gasteiger partial charge in [0.05, 0.1) is 29.5 Å². The number of thiocarbonyl (C=S) groups is 1. The molecule has 0 saturated carbocycles. The van der Waals surface area contributed by atoms with Gasteiger partial charge in [-0.3, -0.25) is 10.1 Å². The second kappa shape index (κ2) is 7.10. The number of methoxy groups -OCH3 is 1. The largest absolute Gasteiger partial charge is 0.494 e. The van der Waals surface area contributed by atoms with Gasteiger partial charge in [0.2, 0.25) is 0 Å². The summed E-state index contributed by atoms with van der Waals surface area (Å²) in [5.74, 6) is 0.354. The van der Waals surface area contributed by atoms with E-state index in [2.05, 4.69) is 15.6 Å². The van der Waals surface area contributed by atoms with Crippen LogP contribution >= 0.6 is 23.6 Å². The first-order chi connectivity index (χ1) is 11.6. The molecular weight excluding hydrogens is 348 g/mol. The summed E-state index contributed by atoms with van der Waals surface area (Å²) in [4.78, 5) is 16.2. The zero-order valence-corrected chi connectivity index (χ0v) is 14.6. The van der Waals surface area contributed by atoms with Gasteiger partial charge in [-0.2, -0.15) is 0 Å². The Hall–Kier alpha value is -2.26. The van der Waals surface area contributed by atoms with Crippen molar-refractivity contribution in [3.05, 3.63) is 38.9 Å². The molecular formula is C15H16N4O3S2. The van der Waals surface area contributed by atoms with Crippen LogP contribution in [0.2, 0.25) is 0 Å². The van der Waals surface area contributed by atoms with E-state index in [1.54, 1.807) is 17.4 Å². The Bertz CT molecular complexity index is 768. The molecule has 126 valence electrons. The lowest BCUT2D eigenvalue weighted by Gasteiger charge is -2.11. The van der Waals surface area contributed by atoms with Gasteiger partial charge in [0.15, 0.2) is 10.2 Å². The number of rotatable bonds is 4. The first-order valence-corrected chi connectivity index (χ1v) is 8.68. The molecule has 0 atom stereocenters. The Morgan fingerprint density at radius 3 is 2.88 bits per heavy atom. The Balaban J connectivity index is 1.70. The van der Waals surface area contributed by atoms with E-state index in [0.717, 1.165) is 23.7 Å². The molecule has 0 bridgehead atoms. The second-order valence-corrected chi connectivity index (χ2v) is 6.81. The molecule has 1 heterocycles. The van der Waals surface area contributed by atoms with Crippen LogP contribution in [0, 0.1) is 10.1 Å². The van der Waals surface area contributed by atoms with Gasteiger partial charge >= 0.3 is 0 Å². The molecule has 1 aromatic carbocycles. The molecule has 2 aromatic rings. The van der Waals surface area contributed by atoms with Gasteiger partial charge in [0.1, 0.15) is 5.75 Å². The number of nitrogens with zero attached hydrogens (tertiary/aromatic N) is 2. The van der Waals surface area contributed by atoms with Crippen molar-refractivity contribution in [2.24, 2.45) is 0 Å². The van der Waals surface area contributed by atoms with Gasteiger partial charge in [-0.15, -0.1) is 11.3 Å². The van der Waals surface area contributed by atoms with Crippen molar-refractivity contribution < 1.29 is 9.66 Å². The summed E-state index contributed by atoms with van der Waals surface area (Å²) in [6.45, 7) is 0. The highest BCUT2D eigenvalue weighted by atomic mass is 32.1. The van der Waals surface area contributed by atoms with E-state index in [-0.39, 0.29) is 5.69 Å². The highest BCUT2D eigenvalue weighted by molar-refractivity contribution is 7.80. The number of thiazole rings is 1. The topological polar surface area (TPSA) is 89.3 Å². The molecule has 0 fully saturated rings. The van der Waals surface area contributed by atoms with Crippen molar-refractivity contribution in [2.75, 3.05) is 17.7 Å². The first kappa shape index (κ1) is 16.6. The van der Waals surface area contributed by atoms with Crippen LogP contribution in [-0.2, 0) is 12.8 Å². The third-order valence-corrected chi connectivity index (χ3v) is 4.99. The molecule has 1 aliphatic carbocycles. The molecule has 1 aliphatic rings. The van der Waals surface area contributed by atoms with Crippen molar-refractivity contribution in [2.45, 2.75) is 25.7 Å². The number of nitrogens with one attached hydrogen (secondary N) is 2. The normalized spacial score (nSPS) is 13.0. The molecule has 0 unspecified atom stereocenters. The van der Waals surface area contributed by atoms with Gasteiger partial charge in [-0.1, -0.05) is 0 Å². The number of hydrogen-bond acceptors (Lipinski definition) is 6. The predicted molar refractivity (Wildman–Crippen MR) is 98.2 cm³/mol. The molecule has 2 N–H and O–H groups in total. The van der Waals surface area contributed by atoms with Crippen molar-refractivity contribution in [3.8, 4) is 5.75 Å². The number of benzene rings is 1. The molecule has 0 spiro atoms. The number of anilines is 2. The first-order valence-electron chi connectivity index (χ1n) is 7.46. The second-order valence-electron chi connectivity index (χ2n) is 5.32. The minimum absolute atomic E-state index is 0.0381. The Kier molecular flexibility index (Phi) is 4.91. The quantitative estimate of drug-likeness (QED) is 0.485. The van der Waals surface area contributed by atoms with E-state index in [0.29, 0.717) is 16.5 Å². The van der Waals surface area contributed by atoms with Crippen molar-refractivity contribution >= 4 is 45.2 Å². The molecule has 24 heavy (non-hydrogen) atoms. The molecule has 0 radical (unpaired) electrons. The van der Waals surface area contributed by atoms with Gasteiger partial charge in [0.25, 0.3) is 5.69 Å². The Labute approximate surface area is 148 Å². The zero-order chi connectivity index (χ0) is 17.1. The molecule has 7 nitrogen and oxygen atoms in total. The van der Waals surface area contributed by atoms with Gasteiger partial charge in [-0.25, -0.2) is 4.98 Å². The number of aryl methyl sites for hydroxylation is 2. The van der Waals surface area contributed by atoms with Crippen LogP contribution in [0.4, 0.5) is 16.5 Å². The maximum Gasteiger partial charge on any atom is 0.273 e. The van der Waals surface area contributed by atoms with Crippen molar-refractivity contribution in [1.82, 2.24) is 4.98 Å². The van der Waals surface area contributed by atoms with E-state index in [1.807, 2.05) is 0 Å². The Morgan fingerprint density at radius 2 is 2.17 bits per heavy atom. The van der Waals surface area contributed by atoms with Crippen molar-refractivity contribution in [3.63, 3.8) is 0 Å². The van der Waals surface area contributed by atoms with Crippen LogP contribution in [0.1, 0.15) is 23.4 Å². The van der Waals surface area contributed by atoms with E-state index in [4.69, 9.17) is 17.0 Å². The smallest absolute Gasteiger partial charge is 0.273 e. The Morgan fingerprint density at radius 1 is 1.38 bits per heavy atom. The molecule has 0 amide bonds. The summed E-state index contributed by atoms with van der Waals surface area (Å²) in [6, 6.07) is 4.32. The molecule has 0 saturated heterocycles. The fraction of sp³-hybridized carbons (Fsp3) is 0.333. The lowest BCUT2D eigenvalue weighted by molar-refractivity contribution is -0.384.